The Morgan fingerprint density at radius 3 is 2.56 bits per heavy atom. The van der Waals surface area contributed by atoms with Crippen LogP contribution in [-0.4, -0.2) is 12.4 Å². The van der Waals surface area contributed by atoms with E-state index in [1.165, 1.54) is 0 Å². The molecular weight excluding hydrogens is 261 g/mol. The first-order chi connectivity index (χ1) is 8.48. The zero-order valence-corrected chi connectivity index (χ0v) is 10.9. The molecule has 1 unspecified atom stereocenters. The predicted molar refractivity (Wildman–Crippen MR) is 68.2 cm³/mol. The Morgan fingerprint density at radius 2 is 2.00 bits per heavy atom. The monoisotopic (exact) mass is 278 g/mol. The molecule has 1 atom stereocenters. The lowest BCUT2D eigenvalue weighted by molar-refractivity contribution is -0.135. The minimum atomic E-state index is -4.10. The van der Waals surface area contributed by atoms with Crippen LogP contribution in [0.3, 0.4) is 0 Å². The summed E-state index contributed by atoms with van der Waals surface area (Å²) >= 11 is 1.56. The van der Waals surface area contributed by atoms with E-state index in [-0.39, 0.29) is 12.5 Å². The molecule has 0 aliphatic heterocycles. The van der Waals surface area contributed by atoms with Crippen LogP contribution in [0.5, 0.6) is 0 Å². The average Bonchev–Trinajstić information content (AvgIpc) is 2.33. The number of hydrogen-bond acceptors (Lipinski definition) is 3. The Kier molecular flexibility index (Phi) is 5.98. The fraction of sp³-hybridized carbons (Fsp3) is 0.500. The van der Waals surface area contributed by atoms with Gasteiger partial charge < -0.3 is 0 Å². The summed E-state index contributed by atoms with van der Waals surface area (Å²) in [6, 6.07) is 7.36. The van der Waals surface area contributed by atoms with Crippen LogP contribution < -0.4 is 11.3 Å². The molecule has 1 rings (SSSR count). The summed E-state index contributed by atoms with van der Waals surface area (Å²) in [6.07, 6.45) is -2.50. The van der Waals surface area contributed by atoms with Crippen molar-refractivity contribution in [3.05, 3.63) is 29.8 Å². The smallest absolute Gasteiger partial charge is 0.271 e. The average molecular weight is 278 g/mol. The minimum absolute atomic E-state index is 0.0705. The second-order valence-electron chi connectivity index (χ2n) is 3.97. The molecule has 0 amide bonds. The Morgan fingerprint density at radius 1 is 1.33 bits per heavy atom. The number of nitrogens with two attached hydrogens (primary N) is 1. The zero-order valence-electron chi connectivity index (χ0n) is 10.1. The lowest BCUT2D eigenvalue weighted by atomic mass is 10.0. The van der Waals surface area contributed by atoms with Crippen molar-refractivity contribution in [2.24, 2.45) is 5.84 Å². The number of nitrogens with one attached hydrogen (secondary N) is 1. The highest BCUT2D eigenvalue weighted by Crippen LogP contribution is 2.30. The van der Waals surface area contributed by atoms with Gasteiger partial charge in [0.25, 0.3) is 0 Å². The summed E-state index contributed by atoms with van der Waals surface area (Å²) in [6.45, 7) is 0. The lowest BCUT2D eigenvalue weighted by Crippen LogP contribution is -2.28. The first-order valence-electron chi connectivity index (χ1n) is 5.63. The molecule has 0 aliphatic rings. The molecule has 18 heavy (non-hydrogen) atoms. The van der Waals surface area contributed by atoms with Gasteiger partial charge >= 0.3 is 6.18 Å². The second-order valence-corrected chi connectivity index (χ2v) is 4.82. The van der Waals surface area contributed by atoms with E-state index in [2.05, 4.69) is 5.43 Å². The van der Waals surface area contributed by atoms with Crippen LogP contribution >= 0.6 is 11.8 Å². The predicted octanol–water partition coefficient (Wildman–Crippen LogP) is 3.65. The SMILES string of the molecule is CSc1ccccc1C(CCCC(F)(F)F)NN. The number of benzene rings is 1. The molecule has 0 saturated heterocycles. The number of hydrazine groups is 1. The van der Waals surface area contributed by atoms with E-state index >= 15 is 0 Å². The highest BCUT2D eigenvalue weighted by Gasteiger charge is 2.27. The van der Waals surface area contributed by atoms with Gasteiger partial charge in [-0.25, -0.2) is 0 Å². The second kappa shape index (κ2) is 7.01. The molecule has 0 spiro atoms. The van der Waals surface area contributed by atoms with Gasteiger partial charge in [0.2, 0.25) is 0 Å². The molecule has 3 N–H and O–H groups in total. The number of halogens is 3. The maximum absolute atomic E-state index is 12.1. The molecule has 102 valence electrons. The van der Waals surface area contributed by atoms with Crippen LogP contribution in [-0.2, 0) is 0 Å². The Labute approximate surface area is 109 Å². The van der Waals surface area contributed by atoms with Crippen molar-refractivity contribution < 1.29 is 13.2 Å². The van der Waals surface area contributed by atoms with Crippen LogP contribution in [0.25, 0.3) is 0 Å². The van der Waals surface area contributed by atoms with E-state index in [4.69, 9.17) is 5.84 Å². The van der Waals surface area contributed by atoms with Gasteiger partial charge in [0.05, 0.1) is 0 Å². The van der Waals surface area contributed by atoms with Gasteiger partial charge in [-0.05, 0) is 30.7 Å². The van der Waals surface area contributed by atoms with Crippen LogP contribution in [0.15, 0.2) is 29.2 Å². The highest BCUT2D eigenvalue weighted by atomic mass is 32.2. The van der Waals surface area contributed by atoms with Gasteiger partial charge in [-0.15, -0.1) is 11.8 Å². The van der Waals surface area contributed by atoms with Crippen molar-refractivity contribution in [3.63, 3.8) is 0 Å². The Balaban J connectivity index is 2.65. The third kappa shape index (κ3) is 4.88. The molecule has 1 aromatic carbocycles. The van der Waals surface area contributed by atoms with Crippen LogP contribution in [0, 0.1) is 0 Å². The molecule has 0 radical (unpaired) electrons. The van der Waals surface area contributed by atoms with E-state index < -0.39 is 12.6 Å². The maximum Gasteiger partial charge on any atom is 0.389 e. The van der Waals surface area contributed by atoms with Crippen LogP contribution in [0.2, 0.25) is 0 Å². The van der Waals surface area contributed by atoms with E-state index in [1.54, 1.807) is 11.8 Å². The Hall–Kier alpha value is -0.720. The molecule has 0 saturated carbocycles. The summed E-state index contributed by atoms with van der Waals surface area (Å²) < 4.78 is 36.3. The van der Waals surface area contributed by atoms with Crippen LogP contribution in [0.1, 0.15) is 30.9 Å². The topological polar surface area (TPSA) is 38.0 Å². The third-order valence-corrected chi connectivity index (χ3v) is 3.48. The summed E-state index contributed by atoms with van der Waals surface area (Å²) in [7, 11) is 0. The van der Waals surface area contributed by atoms with Crippen molar-refractivity contribution >= 4 is 11.8 Å². The lowest BCUT2D eigenvalue weighted by Gasteiger charge is -2.19. The first kappa shape index (κ1) is 15.3. The summed E-state index contributed by atoms with van der Waals surface area (Å²) in [5.74, 6) is 5.44. The van der Waals surface area contributed by atoms with Gasteiger partial charge in [-0.2, -0.15) is 13.2 Å². The fourth-order valence-corrected chi connectivity index (χ4v) is 2.45. The van der Waals surface area contributed by atoms with E-state index in [9.17, 15) is 13.2 Å². The van der Waals surface area contributed by atoms with Gasteiger partial charge in [0.1, 0.15) is 0 Å². The van der Waals surface area contributed by atoms with E-state index in [0.717, 1.165) is 10.5 Å². The minimum Gasteiger partial charge on any atom is -0.271 e. The van der Waals surface area contributed by atoms with Gasteiger partial charge in [0.15, 0.2) is 0 Å². The first-order valence-corrected chi connectivity index (χ1v) is 6.86. The number of thioether (sulfide) groups is 1. The summed E-state index contributed by atoms with van der Waals surface area (Å²) in [5, 5.41) is 0. The van der Waals surface area contributed by atoms with E-state index in [0.29, 0.717) is 6.42 Å². The van der Waals surface area contributed by atoms with Crippen molar-refractivity contribution in [2.75, 3.05) is 6.26 Å². The molecule has 2 nitrogen and oxygen atoms in total. The zero-order chi connectivity index (χ0) is 13.6. The van der Waals surface area contributed by atoms with Gasteiger partial charge in [-0.1, -0.05) is 18.2 Å². The molecule has 1 aromatic rings. The molecular formula is C12H17F3N2S. The third-order valence-electron chi connectivity index (χ3n) is 2.67. The van der Waals surface area contributed by atoms with Crippen molar-refractivity contribution in [2.45, 2.75) is 36.4 Å². The van der Waals surface area contributed by atoms with Crippen molar-refractivity contribution in [1.82, 2.24) is 5.43 Å². The van der Waals surface area contributed by atoms with Crippen LogP contribution in [0.4, 0.5) is 13.2 Å². The number of rotatable bonds is 6. The Bertz CT molecular complexity index is 369. The quantitative estimate of drug-likeness (QED) is 0.474. The molecule has 0 aromatic heterocycles. The normalized spacial score (nSPS) is 13.6. The molecule has 0 aliphatic carbocycles. The molecule has 0 heterocycles. The molecule has 0 bridgehead atoms. The molecule has 0 fully saturated rings. The largest absolute Gasteiger partial charge is 0.389 e. The summed E-state index contributed by atoms with van der Waals surface area (Å²) in [4.78, 5) is 1.03. The number of alkyl halides is 3. The van der Waals surface area contributed by atoms with Gasteiger partial charge in [0, 0.05) is 17.4 Å². The van der Waals surface area contributed by atoms with Crippen molar-refractivity contribution in [1.29, 1.82) is 0 Å². The van der Waals surface area contributed by atoms with Crippen molar-refractivity contribution in [3.8, 4) is 0 Å². The van der Waals surface area contributed by atoms with Gasteiger partial charge in [-0.3, -0.25) is 11.3 Å². The summed E-state index contributed by atoms with van der Waals surface area (Å²) in [5.41, 5.74) is 3.55. The number of hydrogen-bond donors (Lipinski definition) is 2. The standard InChI is InChI=1S/C12H17F3N2S/c1-18-11-7-3-2-5-9(11)10(17-16)6-4-8-12(13,14)15/h2-3,5,7,10,17H,4,6,8,16H2,1H3. The fourth-order valence-electron chi connectivity index (χ4n) is 1.79. The maximum atomic E-state index is 12.1. The van der Waals surface area contributed by atoms with E-state index in [1.807, 2.05) is 30.5 Å². The highest BCUT2D eigenvalue weighted by molar-refractivity contribution is 7.98. The molecule has 6 heteroatoms.